The van der Waals surface area contributed by atoms with Gasteiger partial charge in [0.25, 0.3) is 0 Å². The molecule has 0 fully saturated rings. The Morgan fingerprint density at radius 2 is 2.00 bits per heavy atom. The molecule has 2 aromatic rings. The minimum absolute atomic E-state index is 0.181. The van der Waals surface area contributed by atoms with Crippen molar-refractivity contribution >= 4 is 27.5 Å². The molecule has 0 aliphatic rings. The molecule has 0 aliphatic heterocycles. The zero-order chi connectivity index (χ0) is 12.4. The molecule has 2 rings (SSSR count). The van der Waals surface area contributed by atoms with E-state index < -0.39 is 0 Å². The molecule has 1 heterocycles. The summed E-state index contributed by atoms with van der Waals surface area (Å²) in [6.45, 7) is 3.85. The molecule has 3 nitrogen and oxygen atoms in total. The summed E-state index contributed by atoms with van der Waals surface area (Å²) in [6.07, 6.45) is 1.64. The van der Waals surface area contributed by atoms with Gasteiger partial charge in [-0.1, -0.05) is 15.9 Å². The quantitative estimate of drug-likeness (QED) is 0.775. The SMILES string of the molecule is Cc1cc(Br)ccc1Oc1nc(Cl)ncc1C. The highest BCUT2D eigenvalue weighted by Gasteiger charge is 2.07. The molecule has 0 amide bonds. The smallest absolute Gasteiger partial charge is 0.226 e. The minimum Gasteiger partial charge on any atom is -0.438 e. The maximum Gasteiger partial charge on any atom is 0.226 e. The van der Waals surface area contributed by atoms with E-state index in [0.717, 1.165) is 21.3 Å². The standard InChI is InChI=1S/C12H10BrClN2O/c1-7-5-9(13)3-4-10(7)17-11-8(2)6-15-12(14)16-11/h3-6H,1-2H3. The van der Waals surface area contributed by atoms with Crippen molar-refractivity contribution in [1.82, 2.24) is 9.97 Å². The number of aryl methyl sites for hydroxylation is 2. The Balaban J connectivity index is 2.34. The van der Waals surface area contributed by atoms with Gasteiger partial charge in [-0.3, -0.25) is 0 Å². The lowest BCUT2D eigenvalue weighted by atomic mass is 10.2. The number of rotatable bonds is 2. The van der Waals surface area contributed by atoms with Crippen LogP contribution in [-0.2, 0) is 0 Å². The summed E-state index contributed by atoms with van der Waals surface area (Å²) in [6, 6.07) is 5.78. The van der Waals surface area contributed by atoms with Crippen LogP contribution in [0.5, 0.6) is 11.6 Å². The fraction of sp³-hybridized carbons (Fsp3) is 0.167. The molecule has 88 valence electrons. The largest absolute Gasteiger partial charge is 0.438 e. The van der Waals surface area contributed by atoms with Crippen LogP contribution in [0.25, 0.3) is 0 Å². The number of benzene rings is 1. The van der Waals surface area contributed by atoms with Crippen LogP contribution in [0.4, 0.5) is 0 Å². The summed E-state index contributed by atoms with van der Waals surface area (Å²) in [5.41, 5.74) is 1.87. The average molecular weight is 314 g/mol. The fourth-order valence-corrected chi connectivity index (χ4v) is 1.94. The van der Waals surface area contributed by atoms with Gasteiger partial charge >= 0.3 is 0 Å². The molecule has 0 aliphatic carbocycles. The lowest BCUT2D eigenvalue weighted by molar-refractivity contribution is 0.454. The van der Waals surface area contributed by atoms with Gasteiger partial charge in [0.15, 0.2) is 0 Å². The van der Waals surface area contributed by atoms with Crippen molar-refractivity contribution in [2.45, 2.75) is 13.8 Å². The monoisotopic (exact) mass is 312 g/mol. The Bertz CT molecular complexity index is 560. The molecule has 0 atom stereocenters. The first kappa shape index (κ1) is 12.3. The van der Waals surface area contributed by atoms with Gasteiger partial charge in [-0.2, -0.15) is 4.98 Å². The Hall–Kier alpha value is -1.13. The second-order valence-corrected chi connectivity index (χ2v) is 4.89. The van der Waals surface area contributed by atoms with Crippen molar-refractivity contribution in [3.05, 3.63) is 45.3 Å². The number of hydrogen-bond donors (Lipinski definition) is 0. The van der Waals surface area contributed by atoms with Crippen molar-refractivity contribution in [2.75, 3.05) is 0 Å². The number of nitrogens with zero attached hydrogens (tertiary/aromatic N) is 2. The number of ether oxygens (including phenoxy) is 1. The fourth-order valence-electron chi connectivity index (χ4n) is 1.34. The van der Waals surface area contributed by atoms with E-state index in [1.165, 1.54) is 0 Å². The van der Waals surface area contributed by atoms with Crippen molar-refractivity contribution < 1.29 is 4.74 Å². The van der Waals surface area contributed by atoms with Crippen molar-refractivity contribution in [3.63, 3.8) is 0 Å². The molecule has 0 radical (unpaired) electrons. The van der Waals surface area contributed by atoms with Crippen LogP contribution in [0.2, 0.25) is 5.28 Å². The predicted molar refractivity (Wildman–Crippen MR) is 70.7 cm³/mol. The Labute approximate surface area is 113 Å². The number of hydrogen-bond acceptors (Lipinski definition) is 3. The molecule has 1 aromatic carbocycles. The molecule has 1 aromatic heterocycles. The van der Waals surface area contributed by atoms with Crippen LogP contribution in [0.3, 0.4) is 0 Å². The van der Waals surface area contributed by atoms with Crippen molar-refractivity contribution in [2.24, 2.45) is 0 Å². The van der Waals surface area contributed by atoms with E-state index in [9.17, 15) is 0 Å². The van der Waals surface area contributed by atoms with Gasteiger partial charge in [-0.25, -0.2) is 4.98 Å². The molecule has 0 bridgehead atoms. The lowest BCUT2D eigenvalue weighted by Gasteiger charge is -2.09. The van der Waals surface area contributed by atoms with Gasteiger partial charge in [0, 0.05) is 16.2 Å². The highest BCUT2D eigenvalue weighted by Crippen LogP contribution is 2.28. The maximum atomic E-state index is 5.74. The predicted octanol–water partition coefficient (Wildman–Crippen LogP) is 4.30. The molecule has 0 saturated heterocycles. The van der Waals surface area contributed by atoms with Crippen LogP contribution >= 0.6 is 27.5 Å². The van der Waals surface area contributed by atoms with E-state index in [1.54, 1.807) is 6.20 Å². The summed E-state index contributed by atoms with van der Waals surface area (Å²) in [7, 11) is 0. The van der Waals surface area contributed by atoms with Gasteiger partial charge < -0.3 is 4.74 Å². The second kappa shape index (κ2) is 5.02. The normalized spacial score (nSPS) is 10.4. The molecule has 0 N–H and O–H groups in total. The Morgan fingerprint density at radius 3 is 2.71 bits per heavy atom. The van der Waals surface area contributed by atoms with Crippen LogP contribution < -0.4 is 4.74 Å². The van der Waals surface area contributed by atoms with Gasteiger partial charge in [0.2, 0.25) is 11.2 Å². The molecule has 0 saturated carbocycles. The van der Waals surface area contributed by atoms with Gasteiger partial charge in [0.05, 0.1) is 0 Å². The zero-order valence-electron chi connectivity index (χ0n) is 9.37. The topological polar surface area (TPSA) is 35.0 Å². The second-order valence-electron chi connectivity index (χ2n) is 3.64. The maximum absolute atomic E-state index is 5.74. The van der Waals surface area contributed by atoms with E-state index >= 15 is 0 Å². The van der Waals surface area contributed by atoms with Crippen molar-refractivity contribution in [3.8, 4) is 11.6 Å². The first-order valence-electron chi connectivity index (χ1n) is 4.99. The number of aromatic nitrogens is 2. The minimum atomic E-state index is 0.181. The zero-order valence-corrected chi connectivity index (χ0v) is 11.7. The molecule has 0 spiro atoms. The summed E-state index contributed by atoms with van der Waals surface area (Å²) in [5, 5.41) is 0.181. The van der Waals surface area contributed by atoms with Crippen LogP contribution in [0.15, 0.2) is 28.9 Å². The first-order chi connectivity index (χ1) is 8.06. The van der Waals surface area contributed by atoms with E-state index in [4.69, 9.17) is 16.3 Å². The highest BCUT2D eigenvalue weighted by molar-refractivity contribution is 9.10. The van der Waals surface area contributed by atoms with Gasteiger partial charge in [0.1, 0.15) is 5.75 Å². The summed E-state index contributed by atoms with van der Waals surface area (Å²) < 4.78 is 6.73. The average Bonchev–Trinajstić information content (AvgIpc) is 2.27. The van der Waals surface area contributed by atoms with E-state index in [2.05, 4.69) is 25.9 Å². The number of halogens is 2. The first-order valence-corrected chi connectivity index (χ1v) is 6.16. The third-order valence-electron chi connectivity index (χ3n) is 2.24. The Morgan fingerprint density at radius 1 is 1.24 bits per heavy atom. The molecule has 17 heavy (non-hydrogen) atoms. The van der Waals surface area contributed by atoms with E-state index in [1.807, 2.05) is 32.0 Å². The van der Waals surface area contributed by atoms with Gasteiger partial charge in [-0.15, -0.1) is 0 Å². The molecular formula is C12H10BrClN2O. The molecule has 0 unspecified atom stereocenters. The van der Waals surface area contributed by atoms with Crippen LogP contribution in [0, 0.1) is 13.8 Å². The van der Waals surface area contributed by atoms with Crippen LogP contribution in [0.1, 0.15) is 11.1 Å². The third kappa shape index (κ3) is 2.96. The van der Waals surface area contributed by atoms with E-state index in [0.29, 0.717) is 5.88 Å². The summed E-state index contributed by atoms with van der Waals surface area (Å²) in [4.78, 5) is 7.94. The lowest BCUT2D eigenvalue weighted by Crippen LogP contribution is -1.95. The summed E-state index contributed by atoms with van der Waals surface area (Å²) >= 11 is 9.14. The van der Waals surface area contributed by atoms with Crippen LogP contribution in [-0.4, -0.2) is 9.97 Å². The summed E-state index contributed by atoms with van der Waals surface area (Å²) in [5.74, 6) is 1.24. The van der Waals surface area contributed by atoms with Gasteiger partial charge in [-0.05, 0) is 49.2 Å². The molecule has 5 heteroatoms. The highest BCUT2D eigenvalue weighted by atomic mass is 79.9. The van der Waals surface area contributed by atoms with E-state index in [-0.39, 0.29) is 5.28 Å². The molecular weight excluding hydrogens is 304 g/mol. The Kier molecular flexibility index (Phi) is 3.64. The van der Waals surface area contributed by atoms with Crippen molar-refractivity contribution in [1.29, 1.82) is 0 Å². The third-order valence-corrected chi connectivity index (χ3v) is 2.91.